The standard InChI is InChI=1S/C40H48Cl2N6O3/c1-23-17-29(18-24(2)38(23)42)51-16-8-9-30-31-11-12-34(41)37(36-25(3)45-47(7)26(36)4)40(31)48(15-14-43-22-49)39(30)33-21-46(6)35-13-10-28(19-32(33)35)20-44-27(5)50/h10-13,17,21-22,28-29H,8-9,14-16,18-20H2,1-7H3,(H,43,49)(H,44,50). The Labute approximate surface area is 310 Å². The van der Waals surface area contributed by atoms with Gasteiger partial charge in [-0.3, -0.25) is 14.3 Å². The number of hydrogen-bond donors (Lipinski definition) is 2. The fourth-order valence-corrected chi connectivity index (χ4v) is 8.30. The molecule has 2 aliphatic carbocycles. The van der Waals surface area contributed by atoms with Gasteiger partial charge in [0.15, 0.2) is 0 Å². The molecule has 0 bridgehead atoms. The number of benzene rings is 1. The van der Waals surface area contributed by atoms with Crippen molar-refractivity contribution in [1.82, 2.24) is 29.5 Å². The maximum atomic E-state index is 11.8. The molecule has 0 saturated heterocycles. The minimum absolute atomic E-state index is 0.00172. The molecule has 2 amide bonds. The van der Waals surface area contributed by atoms with E-state index in [0.717, 1.165) is 98.6 Å². The second-order valence-electron chi connectivity index (χ2n) is 14.0. The highest BCUT2D eigenvalue weighted by Crippen LogP contribution is 2.46. The molecule has 3 aromatic heterocycles. The number of fused-ring (bicyclic) bond motifs is 2. The van der Waals surface area contributed by atoms with Crippen LogP contribution in [0.1, 0.15) is 61.8 Å². The van der Waals surface area contributed by atoms with Crippen molar-refractivity contribution in [2.75, 3.05) is 19.7 Å². The van der Waals surface area contributed by atoms with Crippen molar-refractivity contribution in [1.29, 1.82) is 0 Å². The van der Waals surface area contributed by atoms with Gasteiger partial charge in [0.25, 0.3) is 0 Å². The van der Waals surface area contributed by atoms with Crippen LogP contribution < -0.4 is 10.6 Å². The average Bonchev–Trinajstić information content (AvgIpc) is 3.67. The van der Waals surface area contributed by atoms with Crippen LogP contribution in [0, 0.1) is 19.8 Å². The number of carbonyl (C=O) groups is 2. The number of allylic oxidation sites excluding steroid dienone is 2. The van der Waals surface area contributed by atoms with Crippen molar-refractivity contribution in [3.8, 4) is 22.4 Å². The van der Waals surface area contributed by atoms with Gasteiger partial charge in [0.2, 0.25) is 12.3 Å². The lowest BCUT2D eigenvalue weighted by atomic mass is 9.89. The summed E-state index contributed by atoms with van der Waals surface area (Å²) in [7, 11) is 4.04. The van der Waals surface area contributed by atoms with E-state index < -0.39 is 0 Å². The Morgan fingerprint density at radius 3 is 2.59 bits per heavy atom. The van der Waals surface area contributed by atoms with Crippen molar-refractivity contribution in [2.45, 2.75) is 73.0 Å². The summed E-state index contributed by atoms with van der Waals surface area (Å²) in [5.74, 6) is 0.131. The molecule has 2 aliphatic rings. The molecule has 0 radical (unpaired) electrons. The van der Waals surface area contributed by atoms with Gasteiger partial charge in [0.05, 0.1) is 28.0 Å². The molecule has 2 N–H and O–H groups in total. The summed E-state index contributed by atoms with van der Waals surface area (Å²) >= 11 is 13.6. The lowest BCUT2D eigenvalue weighted by Gasteiger charge is -2.22. The Morgan fingerprint density at radius 1 is 1.12 bits per heavy atom. The zero-order valence-electron chi connectivity index (χ0n) is 30.6. The number of aryl methyl sites for hydroxylation is 4. The highest BCUT2D eigenvalue weighted by Gasteiger charge is 2.30. The first-order valence-electron chi connectivity index (χ1n) is 17.7. The number of amides is 2. The molecule has 4 aromatic rings. The summed E-state index contributed by atoms with van der Waals surface area (Å²) in [6.45, 7) is 11.9. The van der Waals surface area contributed by atoms with E-state index in [2.05, 4.69) is 71.2 Å². The lowest BCUT2D eigenvalue weighted by molar-refractivity contribution is -0.119. The fraction of sp³-hybridized carbons (Fsp3) is 0.425. The van der Waals surface area contributed by atoms with Gasteiger partial charge in [-0.25, -0.2) is 0 Å². The zero-order chi connectivity index (χ0) is 36.6. The monoisotopic (exact) mass is 730 g/mol. The summed E-state index contributed by atoms with van der Waals surface area (Å²) in [5.41, 5.74) is 13.0. The second kappa shape index (κ2) is 15.3. The molecule has 11 heteroatoms. The van der Waals surface area contributed by atoms with Gasteiger partial charge in [-0.2, -0.15) is 5.10 Å². The number of rotatable bonds is 13. The molecule has 0 saturated carbocycles. The third kappa shape index (κ3) is 7.21. The van der Waals surface area contributed by atoms with E-state index in [4.69, 9.17) is 33.0 Å². The molecule has 0 aliphatic heterocycles. The minimum Gasteiger partial charge on any atom is -0.374 e. The molecule has 9 nitrogen and oxygen atoms in total. The van der Waals surface area contributed by atoms with Crippen LogP contribution in [-0.2, 0) is 47.8 Å². The van der Waals surface area contributed by atoms with Crippen LogP contribution in [0.15, 0.2) is 46.7 Å². The average molecular weight is 732 g/mol. The van der Waals surface area contributed by atoms with Gasteiger partial charge in [-0.1, -0.05) is 47.0 Å². The van der Waals surface area contributed by atoms with Crippen LogP contribution in [0.2, 0.25) is 5.02 Å². The normalized spacial score (nSPS) is 17.2. The zero-order valence-corrected chi connectivity index (χ0v) is 32.1. The largest absolute Gasteiger partial charge is 0.374 e. The van der Waals surface area contributed by atoms with Crippen LogP contribution >= 0.6 is 23.2 Å². The SMILES string of the molecule is CC(=O)NCC1C=Cc2c(c(-c3c(CCCOC4C=C(C)C(Cl)=C(C)C4)c4ccc(Cl)c(-c5c(C)nn(C)c5C)c4n3CCNC=O)cn2C)C1. The first kappa shape index (κ1) is 36.7. The van der Waals surface area contributed by atoms with E-state index in [1.165, 1.54) is 11.1 Å². The Bertz CT molecular complexity index is 2100. The number of ether oxygens (including phenoxy) is 1. The van der Waals surface area contributed by atoms with Gasteiger partial charge in [-0.05, 0) is 88.1 Å². The molecule has 51 heavy (non-hydrogen) atoms. The number of nitrogens with one attached hydrogen (secondary N) is 2. The van der Waals surface area contributed by atoms with E-state index in [9.17, 15) is 9.59 Å². The van der Waals surface area contributed by atoms with Crippen molar-refractivity contribution in [3.63, 3.8) is 0 Å². The first-order valence-corrected chi connectivity index (χ1v) is 18.4. The molecule has 0 spiro atoms. The molecule has 2 unspecified atom stereocenters. The molecule has 2 atom stereocenters. The summed E-state index contributed by atoms with van der Waals surface area (Å²) in [5, 5.41) is 13.3. The van der Waals surface area contributed by atoms with Crippen LogP contribution in [0.5, 0.6) is 0 Å². The van der Waals surface area contributed by atoms with E-state index >= 15 is 0 Å². The van der Waals surface area contributed by atoms with Crippen LogP contribution in [-0.4, -0.2) is 57.0 Å². The number of halogens is 2. The topological polar surface area (TPSA) is 95.1 Å². The van der Waals surface area contributed by atoms with E-state index in [1.807, 2.05) is 31.6 Å². The molecule has 3 heterocycles. The predicted molar refractivity (Wildman–Crippen MR) is 207 cm³/mol. The van der Waals surface area contributed by atoms with Gasteiger partial charge in [0.1, 0.15) is 0 Å². The summed E-state index contributed by atoms with van der Waals surface area (Å²) in [4.78, 5) is 23.4. The third-order valence-electron chi connectivity index (χ3n) is 10.4. The molecular formula is C40H48Cl2N6O3. The third-order valence-corrected chi connectivity index (χ3v) is 11.3. The van der Waals surface area contributed by atoms with Crippen molar-refractivity contribution >= 4 is 52.5 Å². The van der Waals surface area contributed by atoms with Crippen molar-refractivity contribution < 1.29 is 14.3 Å². The minimum atomic E-state index is -0.0339. The second-order valence-corrected chi connectivity index (χ2v) is 14.8. The number of carbonyl (C=O) groups excluding carboxylic acids is 2. The maximum Gasteiger partial charge on any atom is 0.216 e. The molecule has 6 rings (SSSR count). The van der Waals surface area contributed by atoms with E-state index in [-0.39, 0.29) is 17.9 Å². The lowest BCUT2D eigenvalue weighted by Crippen LogP contribution is -2.28. The molecule has 270 valence electrons. The summed E-state index contributed by atoms with van der Waals surface area (Å²) in [6.07, 6.45) is 12.6. The number of aromatic nitrogens is 4. The Balaban J connectivity index is 1.51. The Kier molecular flexibility index (Phi) is 11.0. The number of nitrogens with zero attached hydrogens (tertiary/aromatic N) is 4. The van der Waals surface area contributed by atoms with Gasteiger partial charge in [-0.15, -0.1) is 0 Å². The van der Waals surface area contributed by atoms with Gasteiger partial charge >= 0.3 is 0 Å². The highest BCUT2D eigenvalue weighted by atomic mass is 35.5. The van der Waals surface area contributed by atoms with Crippen molar-refractivity contribution in [3.05, 3.63) is 79.9 Å². The highest BCUT2D eigenvalue weighted by molar-refractivity contribution is 6.35. The summed E-state index contributed by atoms with van der Waals surface area (Å²) < 4.78 is 12.9. The van der Waals surface area contributed by atoms with E-state index in [1.54, 1.807) is 6.92 Å². The smallest absolute Gasteiger partial charge is 0.216 e. The molecule has 0 fully saturated rings. The van der Waals surface area contributed by atoms with Crippen LogP contribution in [0.4, 0.5) is 0 Å². The Morgan fingerprint density at radius 2 is 1.90 bits per heavy atom. The first-order chi connectivity index (χ1) is 24.4. The molecular weight excluding hydrogens is 683 g/mol. The van der Waals surface area contributed by atoms with E-state index in [0.29, 0.717) is 31.3 Å². The maximum absolute atomic E-state index is 11.8. The van der Waals surface area contributed by atoms with Gasteiger partial charge < -0.3 is 24.5 Å². The van der Waals surface area contributed by atoms with Gasteiger partial charge in [0, 0.05) is 92.0 Å². The number of hydrogen-bond acceptors (Lipinski definition) is 4. The van der Waals surface area contributed by atoms with Crippen LogP contribution in [0.3, 0.4) is 0 Å². The van der Waals surface area contributed by atoms with Crippen LogP contribution in [0.25, 0.3) is 39.4 Å². The fourth-order valence-electron chi connectivity index (χ4n) is 7.92. The van der Waals surface area contributed by atoms with Crippen molar-refractivity contribution in [2.24, 2.45) is 20.0 Å². The Hall–Kier alpha value is -4.05. The molecule has 1 aromatic carbocycles. The predicted octanol–water partition coefficient (Wildman–Crippen LogP) is 7.57. The quantitative estimate of drug-likeness (QED) is 0.110. The summed E-state index contributed by atoms with van der Waals surface area (Å²) in [6, 6.07) is 4.15.